The number of hydrogen-bond acceptors (Lipinski definition) is 5. The van der Waals surface area contributed by atoms with E-state index in [2.05, 4.69) is 0 Å². The van der Waals surface area contributed by atoms with Crippen LogP contribution in [-0.2, 0) is 14.3 Å². The van der Waals surface area contributed by atoms with E-state index in [-0.39, 0.29) is 24.6 Å². The molecule has 0 amide bonds. The van der Waals surface area contributed by atoms with Crippen LogP contribution in [0.25, 0.3) is 0 Å². The highest BCUT2D eigenvalue weighted by atomic mass is 32.2. The lowest BCUT2D eigenvalue weighted by Gasteiger charge is -2.07. The van der Waals surface area contributed by atoms with Gasteiger partial charge in [0.2, 0.25) is 0 Å². The highest BCUT2D eigenvalue weighted by molar-refractivity contribution is 8.00. The first-order valence-electron chi connectivity index (χ1n) is 6.10. The molecule has 1 rings (SSSR count). The van der Waals surface area contributed by atoms with E-state index in [4.69, 9.17) is 9.47 Å². The Kier molecular flexibility index (Phi) is 7.03. The lowest BCUT2D eigenvalue weighted by molar-refractivity contribution is -0.144. The molecule has 1 aromatic carbocycles. The fourth-order valence-corrected chi connectivity index (χ4v) is 2.37. The van der Waals surface area contributed by atoms with Crippen LogP contribution in [0.15, 0.2) is 29.2 Å². The second kappa shape index (κ2) is 8.58. The fourth-order valence-electron chi connectivity index (χ4n) is 1.44. The first-order valence-corrected chi connectivity index (χ1v) is 7.09. The minimum atomic E-state index is -0.321. The smallest absolute Gasteiger partial charge is 0.306 e. The third kappa shape index (κ3) is 5.79. The predicted octanol–water partition coefficient (Wildman–Crippen LogP) is 2.70. The Morgan fingerprint density at radius 2 is 1.95 bits per heavy atom. The number of thioether (sulfide) groups is 1. The van der Waals surface area contributed by atoms with Crippen LogP contribution in [0.1, 0.15) is 19.8 Å². The van der Waals surface area contributed by atoms with Gasteiger partial charge in [-0.25, -0.2) is 0 Å². The first-order chi connectivity index (χ1) is 9.17. The molecule has 19 heavy (non-hydrogen) atoms. The van der Waals surface area contributed by atoms with E-state index in [1.807, 2.05) is 24.3 Å². The molecule has 0 N–H and O–H groups in total. The van der Waals surface area contributed by atoms with Gasteiger partial charge in [-0.15, -0.1) is 11.8 Å². The van der Waals surface area contributed by atoms with Gasteiger partial charge in [-0.1, -0.05) is 12.1 Å². The van der Waals surface area contributed by atoms with E-state index >= 15 is 0 Å². The van der Waals surface area contributed by atoms with Crippen LogP contribution in [-0.4, -0.2) is 31.2 Å². The van der Waals surface area contributed by atoms with E-state index in [1.54, 1.807) is 14.0 Å². The summed E-state index contributed by atoms with van der Waals surface area (Å²) in [7, 11) is 1.60. The number of Topliss-reactive ketones (excluding diaryl/α,β-unsaturated/α-hetero) is 1. The van der Waals surface area contributed by atoms with Crippen molar-refractivity contribution in [2.45, 2.75) is 24.7 Å². The molecular weight excluding hydrogens is 264 g/mol. The lowest BCUT2D eigenvalue weighted by atomic mass is 10.2. The molecular formula is C14H18O4S. The summed E-state index contributed by atoms with van der Waals surface area (Å²) in [6, 6.07) is 7.53. The largest absolute Gasteiger partial charge is 0.496 e. The summed E-state index contributed by atoms with van der Waals surface area (Å²) in [5.41, 5.74) is 0. The van der Waals surface area contributed by atoms with E-state index in [1.165, 1.54) is 11.8 Å². The molecule has 4 nitrogen and oxygen atoms in total. The van der Waals surface area contributed by atoms with Crippen LogP contribution in [0.4, 0.5) is 0 Å². The summed E-state index contributed by atoms with van der Waals surface area (Å²) in [5.74, 6) is 0.799. The molecule has 0 saturated carbocycles. The molecule has 0 heterocycles. The third-order valence-electron chi connectivity index (χ3n) is 2.37. The number of esters is 1. The summed E-state index contributed by atoms with van der Waals surface area (Å²) >= 11 is 1.42. The van der Waals surface area contributed by atoms with Gasteiger partial charge in [-0.2, -0.15) is 0 Å². The highest BCUT2D eigenvalue weighted by Gasteiger charge is 2.09. The van der Waals surface area contributed by atoms with E-state index < -0.39 is 0 Å². The first kappa shape index (κ1) is 15.6. The van der Waals surface area contributed by atoms with Crippen molar-refractivity contribution >= 4 is 23.5 Å². The maximum atomic E-state index is 11.7. The molecule has 0 saturated heterocycles. The number of carbonyl (C=O) groups excluding carboxylic acids is 2. The predicted molar refractivity (Wildman–Crippen MR) is 74.6 cm³/mol. The summed E-state index contributed by atoms with van der Waals surface area (Å²) < 4.78 is 9.98. The standard InChI is InChI=1S/C14H18O4S/c1-3-18-14(16)9-8-11(15)10-19-13-7-5-4-6-12(13)17-2/h4-7H,3,8-10H2,1-2H3. The summed E-state index contributed by atoms with van der Waals surface area (Å²) in [4.78, 5) is 23.7. The van der Waals surface area contributed by atoms with Gasteiger partial charge < -0.3 is 9.47 Å². The lowest BCUT2D eigenvalue weighted by Crippen LogP contribution is -2.09. The molecule has 0 aliphatic carbocycles. The van der Waals surface area contributed by atoms with Crippen LogP contribution in [0.2, 0.25) is 0 Å². The van der Waals surface area contributed by atoms with Crippen LogP contribution in [0.5, 0.6) is 5.75 Å². The number of benzene rings is 1. The minimum Gasteiger partial charge on any atom is -0.496 e. The number of rotatable bonds is 8. The summed E-state index contributed by atoms with van der Waals surface area (Å²) in [6.07, 6.45) is 0.375. The van der Waals surface area contributed by atoms with E-state index in [0.717, 1.165) is 10.6 Å². The summed E-state index contributed by atoms with van der Waals surface area (Å²) in [5, 5.41) is 0. The molecule has 0 aromatic heterocycles. The molecule has 0 atom stereocenters. The number of hydrogen-bond donors (Lipinski definition) is 0. The van der Waals surface area contributed by atoms with Gasteiger partial charge in [0.15, 0.2) is 0 Å². The van der Waals surface area contributed by atoms with E-state index in [9.17, 15) is 9.59 Å². The maximum absolute atomic E-state index is 11.7. The third-order valence-corrected chi connectivity index (χ3v) is 3.49. The van der Waals surface area contributed by atoms with Crippen LogP contribution in [0, 0.1) is 0 Å². The van der Waals surface area contributed by atoms with Gasteiger partial charge in [0.25, 0.3) is 0 Å². The molecule has 0 spiro atoms. The summed E-state index contributed by atoms with van der Waals surface area (Å²) in [6.45, 7) is 2.10. The molecule has 0 bridgehead atoms. The van der Waals surface area contributed by atoms with Gasteiger partial charge in [0, 0.05) is 11.3 Å². The van der Waals surface area contributed by atoms with Crippen LogP contribution < -0.4 is 4.74 Å². The Labute approximate surface area is 117 Å². The zero-order valence-electron chi connectivity index (χ0n) is 11.2. The zero-order chi connectivity index (χ0) is 14.1. The van der Waals surface area contributed by atoms with Gasteiger partial charge in [0.05, 0.1) is 25.9 Å². The second-order valence-corrected chi connectivity index (χ2v) is 4.80. The molecule has 0 unspecified atom stereocenters. The Morgan fingerprint density at radius 3 is 2.63 bits per heavy atom. The average Bonchev–Trinajstić information content (AvgIpc) is 2.43. The second-order valence-electron chi connectivity index (χ2n) is 3.78. The minimum absolute atomic E-state index is 0.0314. The topological polar surface area (TPSA) is 52.6 Å². The van der Waals surface area contributed by atoms with Crippen molar-refractivity contribution in [2.24, 2.45) is 0 Å². The molecule has 0 aliphatic rings. The number of ketones is 1. The van der Waals surface area contributed by atoms with Gasteiger partial charge in [-0.05, 0) is 19.1 Å². The van der Waals surface area contributed by atoms with Gasteiger partial charge >= 0.3 is 5.97 Å². The van der Waals surface area contributed by atoms with Crippen LogP contribution >= 0.6 is 11.8 Å². The fraction of sp³-hybridized carbons (Fsp3) is 0.429. The van der Waals surface area contributed by atoms with Crippen molar-refractivity contribution in [3.63, 3.8) is 0 Å². The SMILES string of the molecule is CCOC(=O)CCC(=O)CSc1ccccc1OC. The van der Waals surface area contributed by atoms with Crippen molar-refractivity contribution in [1.29, 1.82) is 0 Å². The number of ether oxygens (including phenoxy) is 2. The van der Waals surface area contributed by atoms with Crippen LogP contribution in [0.3, 0.4) is 0 Å². The quantitative estimate of drug-likeness (QED) is 0.542. The molecule has 1 aromatic rings. The Hall–Kier alpha value is -1.49. The van der Waals surface area contributed by atoms with Crippen molar-refractivity contribution in [3.05, 3.63) is 24.3 Å². The molecule has 0 aliphatic heterocycles. The Bertz CT molecular complexity index is 431. The number of para-hydroxylation sites is 1. The van der Waals surface area contributed by atoms with Gasteiger partial charge in [-0.3, -0.25) is 9.59 Å². The number of methoxy groups -OCH3 is 1. The van der Waals surface area contributed by atoms with Crippen molar-refractivity contribution < 1.29 is 19.1 Å². The van der Waals surface area contributed by atoms with Crippen molar-refractivity contribution in [2.75, 3.05) is 19.5 Å². The van der Waals surface area contributed by atoms with Gasteiger partial charge in [0.1, 0.15) is 11.5 Å². The molecule has 0 radical (unpaired) electrons. The van der Waals surface area contributed by atoms with Crippen molar-refractivity contribution in [1.82, 2.24) is 0 Å². The van der Waals surface area contributed by atoms with Crippen molar-refractivity contribution in [3.8, 4) is 5.75 Å². The molecule has 5 heteroatoms. The Balaban J connectivity index is 2.35. The monoisotopic (exact) mass is 282 g/mol. The maximum Gasteiger partial charge on any atom is 0.306 e. The van der Waals surface area contributed by atoms with E-state index in [0.29, 0.717) is 12.4 Å². The molecule has 0 fully saturated rings. The highest BCUT2D eigenvalue weighted by Crippen LogP contribution is 2.28. The average molecular weight is 282 g/mol. The number of carbonyl (C=O) groups is 2. The molecule has 104 valence electrons. The Morgan fingerprint density at radius 1 is 1.21 bits per heavy atom. The normalized spacial score (nSPS) is 10.0. The zero-order valence-corrected chi connectivity index (χ0v) is 12.0.